The fourth-order valence-electron chi connectivity index (χ4n) is 4.86. The van der Waals surface area contributed by atoms with Crippen LogP contribution in [0.4, 0.5) is 0 Å². The molecule has 3 rings (SSSR count). The number of rotatable bonds is 9. The van der Waals surface area contributed by atoms with E-state index in [0.717, 1.165) is 30.4 Å². The van der Waals surface area contributed by atoms with Gasteiger partial charge in [0.25, 0.3) is 0 Å². The average Bonchev–Trinajstić information content (AvgIpc) is 3.21. The van der Waals surface area contributed by atoms with Gasteiger partial charge in [-0.05, 0) is 55.6 Å². The van der Waals surface area contributed by atoms with Crippen molar-refractivity contribution in [3.05, 3.63) is 35.4 Å². The Labute approximate surface area is 164 Å². The number of nitrogens with zero attached hydrogens (tertiary/aromatic N) is 1. The summed E-state index contributed by atoms with van der Waals surface area (Å²) in [6.07, 6.45) is 6.08. The van der Waals surface area contributed by atoms with E-state index in [0.29, 0.717) is 18.4 Å². The van der Waals surface area contributed by atoms with Gasteiger partial charge in [0.1, 0.15) is 5.78 Å². The number of piperidine rings is 1. The van der Waals surface area contributed by atoms with Gasteiger partial charge in [0, 0.05) is 30.0 Å². The number of ketones is 2. The standard InChI is InChI=1S/C24H35NO2/c1-16(2)23(26)15-25-14-21-13-22(25)12-19(21)9-5-7-18-8-6-10-20(11-18)24(27)17(3)4/h6,8,10-11,16-17,19,21-22H,5,7,9,12-15H2,1-4H3/t19?,21-,22+/m0/s1. The number of hydrogen-bond donors (Lipinski definition) is 0. The van der Waals surface area contributed by atoms with Gasteiger partial charge in [0.05, 0.1) is 6.54 Å². The van der Waals surface area contributed by atoms with Crippen LogP contribution in [-0.2, 0) is 11.2 Å². The molecule has 1 aliphatic heterocycles. The first-order valence-electron chi connectivity index (χ1n) is 10.7. The van der Waals surface area contributed by atoms with E-state index in [2.05, 4.69) is 17.0 Å². The molecule has 27 heavy (non-hydrogen) atoms. The maximum Gasteiger partial charge on any atom is 0.165 e. The molecule has 1 heterocycles. The molecular formula is C24H35NO2. The smallest absolute Gasteiger partial charge is 0.165 e. The van der Waals surface area contributed by atoms with Crippen LogP contribution in [0.3, 0.4) is 0 Å². The molecule has 1 aliphatic carbocycles. The van der Waals surface area contributed by atoms with Gasteiger partial charge in [0.2, 0.25) is 0 Å². The van der Waals surface area contributed by atoms with Gasteiger partial charge in [-0.25, -0.2) is 0 Å². The summed E-state index contributed by atoms with van der Waals surface area (Å²) < 4.78 is 0. The summed E-state index contributed by atoms with van der Waals surface area (Å²) in [7, 11) is 0. The molecule has 2 bridgehead atoms. The Kier molecular flexibility index (Phi) is 6.52. The Morgan fingerprint density at radius 3 is 2.52 bits per heavy atom. The van der Waals surface area contributed by atoms with Crippen molar-refractivity contribution in [2.45, 2.75) is 65.8 Å². The molecule has 3 atom stereocenters. The lowest BCUT2D eigenvalue weighted by Crippen LogP contribution is -2.40. The van der Waals surface area contributed by atoms with Crippen molar-refractivity contribution in [2.24, 2.45) is 23.7 Å². The normalized spacial score (nSPS) is 24.9. The van der Waals surface area contributed by atoms with Crippen LogP contribution in [0.1, 0.15) is 69.3 Å². The molecule has 2 fully saturated rings. The molecule has 1 saturated carbocycles. The van der Waals surface area contributed by atoms with Crippen molar-refractivity contribution in [2.75, 3.05) is 13.1 Å². The predicted molar refractivity (Wildman–Crippen MR) is 110 cm³/mol. The van der Waals surface area contributed by atoms with Crippen molar-refractivity contribution < 1.29 is 9.59 Å². The number of aryl methyl sites for hydroxylation is 1. The van der Waals surface area contributed by atoms with Crippen LogP contribution < -0.4 is 0 Å². The van der Waals surface area contributed by atoms with Crippen LogP contribution >= 0.6 is 0 Å². The first-order chi connectivity index (χ1) is 12.8. The van der Waals surface area contributed by atoms with E-state index in [1.165, 1.54) is 31.2 Å². The number of fused-ring (bicyclic) bond motifs is 2. The molecule has 1 aromatic carbocycles. The molecule has 3 heteroatoms. The second-order valence-corrected chi connectivity index (χ2v) is 9.31. The summed E-state index contributed by atoms with van der Waals surface area (Å²) >= 11 is 0. The minimum absolute atomic E-state index is 0.0554. The van der Waals surface area contributed by atoms with Gasteiger partial charge < -0.3 is 0 Å². The Morgan fingerprint density at radius 2 is 1.89 bits per heavy atom. The third-order valence-corrected chi connectivity index (χ3v) is 6.58. The minimum atomic E-state index is 0.0554. The third kappa shape index (κ3) is 4.87. The van der Waals surface area contributed by atoms with Crippen molar-refractivity contribution in [1.29, 1.82) is 0 Å². The third-order valence-electron chi connectivity index (χ3n) is 6.58. The summed E-state index contributed by atoms with van der Waals surface area (Å²) in [4.78, 5) is 26.7. The monoisotopic (exact) mass is 369 g/mol. The molecule has 1 aromatic rings. The molecule has 148 valence electrons. The van der Waals surface area contributed by atoms with E-state index in [4.69, 9.17) is 0 Å². The van der Waals surface area contributed by atoms with Crippen LogP contribution in [0.25, 0.3) is 0 Å². The molecule has 1 saturated heterocycles. The summed E-state index contributed by atoms with van der Waals surface area (Å²) in [6.45, 7) is 9.70. The summed E-state index contributed by atoms with van der Waals surface area (Å²) in [5.41, 5.74) is 2.14. The van der Waals surface area contributed by atoms with E-state index in [9.17, 15) is 9.59 Å². The quantitative estimate of drug-likeness (QED) is 0.588. The zero-order valence-corrected chi connectivity index (χ0v) is 17.4. The van der Waals surface area contributed by atoms with Gasteiger partial charge in [0.15, 0.2) is 5.78 Å². The molecule has 3 nitrogen and oxygen atoms in total. The Bertz CT molecular complexity index is 679. The minimum Gasteiger partial charge on any atom is -0.298 e. The number of carbonyl (C=O) groups excluding carboxylic acids is 2. The van der Waals surface area contributed by atoms with Gasteiger partial charge >= 0.3 is 0 Å². The van der Waals surface area contributed by atoms with Gasteiger partial charge in [-0.15, -0.1) is 0 Å². The number of Topliss-reactive ketones (excluding diaryl/α,β-unsaturated/α-hetero) is 2. The maximum atomic E-state index is 12.2. The molecule has 0 N–H and O–H groups in total. The zero-order chi connectivity index (χ0) is 19.6. The van der Waals surface area contributed by atoms with Crippen LogP contribution in [-0.4, -0.2) is 35.6 Å². The second kappa shape index (κ2) is 8.68. The summed E-state index contributed by atoms with van der Waals surface area (Å²) in [5, 5.41) is 0. The highest BCUT2D eigenvalue weighted by Gasteiger charge is 2.44. The number of carbonyl (C=O) groups is 2. The average molecular weight is 370 g/mol. The van der Waals surface area contributed by atoms with Crippen LogP contribution in [0.5, 0.6) is 0 Å². The largest absolute Gasteiger partial charge is 0.298 e. The molecule has 0 amide bonds. The first kappa shape index (κ1) is 20.3. The summed E-state index contributed by atoms with van der Waals surface area (Å²) in [6, 6.07) is 8.83. The molecule has 2 aliphatic rings. The Balaban J connectivity index is 1.45. The molecule has 1 unspecified atom stereocenters. The second-order valence-electron chi connectivity index (χ2n) is 9.31. The fourth-order valence-corrected chi connectivity index (χ4v) is 4.86. The highest BCUT2D eigenvalue weighted by atomic mass is 16.1. The Hall–Kier alpha value is -1.48. The molecule has 0 aromatic heterocycles. The fraction of sp³-hybridized carbons (Fsp3) is 0.667. The number of hydrogen-bond acceptors (Lipinski definition) is 3. The lowest BCUT2D eigenvalue weighted by atomic mass is 9.88. The van der Waals surface area contributed by atoms with Crippen molar-refractivity contribution in [3.8, 4) is 0 Å². The van der Waals surface area contributed by atoms with E-state index >= 15 is 0 Å². The van der Waals surface area contributed by atoms with Crippen LogP contribution in [0.2, 0.25) is 0 Å². The van der Waals surface area contributed by atoms with Crippen molar-refractivity contribution >= 4 is 11.6 Å². The maximum absolute atomic E-state index is 12.2. The van der Waals surface area contributed by atoms with Crippen LogP contribution in [0, 0.1) is 23.7 Å². The topological polar surface area (TPSA) is 37.4 Å². The molecule has 0 radical (unpaired) electrons. The predicted octanol–water partition coefficient (Wildman–Crippen LogP) is 4.78. The number of likely N-dealkylation sites (tertiary alicyclic amines) is 1. The van der Waals surface area contributed by atoms with Gasteiger partial charge in [-0.3, -0.25) is 14.5 Å². The van der Waals surface area contributed by atoms with Gasteiger partial charge in [-0.2, -0.15) is 0 Å². The lowest BCUT2D eigenvalue weighted by Gasteiger charge is -2.31. The van der Waals surface area contributed by atoms with Crippen LogP contribution in [0.15, 0.2) is 24.3 Å². The first-order valence-corrected chi connectivity index (χ1v) is 10.7. The SMILES string of the molecule is CC(C)C(=O)CN1C[C@@H]2C[C@H]1CC2CCCc1cccc(C(=O)C(C)C)c1. The van der Waals surface area contributed by atoms with E-state index in [-0.39, 0.29) is 17.6 Å². The molecule has 0 spiro atoms. The Morgan fingerprint density at radius 1 is 1.11 bits per heavy atom. The zero-order valence-electron chi connectivity index (χ0n) is 17.4. The van der Waals surface area contributed by atoms with E-state index < -0.39 is 0 Å². The van der Waals surface area contributed by atoms with Crippen molar-refractivity contribution in [3.63, 3.8) is 0 Å². The van der Waals surface area contributed by atoms with Crippen molar-refractivity contribution in [1.82, 2.24) is 4.90 Å². The van der Waals surface area contributed by atoms with Gasteiger partial charge in [-0.1, -0.05) is 45.9 Å². The lowest BCUT2D eigenvalue weighted by molar-refractivity contribution is -0.123. The molecular weight excluding hydrogens is 334 g/mol. The highest BCUT2D eigenvalue weighted by molar-refractivity contribution is 5.97. The highest BCUT2D eigenvalue weighted by Crippen LogP contribution is 2.44. The summed E-state index contributed by atoms with van der Waals surface area (Å²) in [5.74, 6) is 2.43. The van der Waals surface area contributed by atoms with E-state index in [1.807, 2.05) is 39.8 Å². The van der Waals surface area contributed by atoms with E-state index in [1.54, 1.807) is 0 Å². The number of benzene rings is 1.